The first-order valence-electron chi connectivity index (χ1n) is 7.47. The van der Waals surface area contributed by atoms with Gasteiger partial charge in [-0.05, 0) is 36.9 Å². The lowest BCUT2D eigenvalue weighted by Gasteiger charge is -2.21. The molecule has 2 nitrogen and oxygen atoms in total. The highest BCUT2D eigenvalue weighted by Crippen LogP contribution is 2.20. The Morgan fingerprint density at radius 1 is 1.32 bits per heavy atom. The van der Waals surface area contributed by atoms with Gasteiger partial charge in [0, 0.05) is 25.7 Å². The highest BCUT2D eigenvalue weighted by Gasteiger charge is 2.20. The Hall–Kier alpha value is -1.12. The number of rotatable bonds is 9. The first-order valence-corrected chi connectivity index (χ1v) is 7.47. The summed E-state index contributed by atoms with van der Waals surface area (Å²) in [4.78, 5) is 2.46. The fraction of sp³-hybridized carbons (Fsp3) is 0.529. The van der Waals surface area contributed by atoms with Crippen LogP contribution in [0.25, 0.3) is 0 Å². The number of hydrogen-bond acceptors (Lipinski definition) is 2. The number of benzene rings is 1. The van der Waals surface area contributed by atoms with Crippen LogP contribution in [0.4, 0.5) is 0 Å². The molecule has 0 atom stereocenters. The van der Waals surface area contributed by atoms with Crippen LogP contribution in [0.1, 0.15) is 37.3 Å². The molecule has 19 heavy (non-hydrogen) atoms. The summed E-state index contributed by atoms with van der Waals surface area (Å²) in [6, 6.07) is 9.57. The Labute approximate surface area is 117 Å². The average Bonchev–Trinajstić information content (AvgIpc) is 3.22. The molecule has 0 saturated heterocycles. The second-order valence-corrected chi connectivity index (χ2v) is 5.45. The van der Waals surface area contributed by atoms with Crippen molar-refractivity contribution in [3.8, 4) is 0 Å². The van der Waals surface area contributed by atoms with Crippen LogP contribution < -0.4 is 5.32 Å². The van der Waals surface area contributed by atoms with Gasteiger partial charge in [0.15, 0.2) is 0 Å². The Morgan fingerprint density at radius 2 is 2.05 bits per heavy atom. The third kappa shape index (κ3) is 4.81. The Balaban J connectivity index is 1.97. The van der Waals surface area contributed by atoms with E-state index in [0.29, 0.717) is 0 Å². The summed E-state index contributed by atoms with van der Waals surface area (Å²) in [5.41, 5.74) is 2.89. The van der Waals surface area contributed by atoms with Gasteiger partial charge in [0.2, 0.25) is 0 Å². The number of nitrogens with one attached hydrogen (secondary N) is 1. The van der Waals surface area contributed by atoms with Crippen molar-refractivity contribution >= 4 is 0 Å². The molecule has 1 aromatic carbocycles. The fourth-order valence-electron chi connectivity index (χ4n) is 2.40. The molecule has 0 amide bonds. The zero-order valence-electron chi connectivity index (χ0n) is 12.1. The third-order valence-corrected chi connectivity index (χ3v) is 3.60. The zero-order chi connectivity index (χ0) is 13.5. The Kier molecular flexibility index (Phi) is 5.62. The van der Waals surface area contributed by atoms with Crippen molar-refractivity contribution in [1.29, 1.82) is 0 Å². The summed E-state index contributed by atoms with van der Waals surface area (Å²) < 4.78 is 0. The van der Waals surface area contributed by atoms with Crippen LogP contribution in [-0.2, 0) is 13.1 Å². The highest BCUT2D eigenvalue weighted by atomic mass is 15.1. The summed E-state index contributed by atoms with van der Waals surface area (Å²) >= 11 is 0. The van der Waals surface area contributed by atoms with Gasteiger partial charge < -0.3 is 5.32 Å². The summed E-state index contributed by atoms with van der Waals surface area (Å²) in [5, 5.41) is 3.61. The monoisotopic (exact) mass is 258 g/mol. The van der Waals surface area contributed by atoms with Gasteiger partial charge in [-0.1, -0.05) is 37.3 Å². The van der Waals surface area contributed by atoms with Crippen LogP contribution in [0.2, 0.25) is 0 Å². The predicted molar refractivity (Wildman–Crippen MR) is 82.1 cm³/mol. The maximum absolute atomic E-state index is 3.86. The summed E-state index contributed by atoms with van der Waals surface area (Å²) in [6.45, 7) is 10.2. The van der Waals surface area contributed by atoms with E-state index >= 15 is 0 Å². The summed E-state index contributed by atoms with van der Waals surface area (Å²) in [5.74, 6) is 0. The van der Waals surface area contributed by atoms with Gasteiger partial charge in [-0.2, -0.15) is 0 Å². The second kappa shape index (κ2) is 7.46. The first kappa shape index (κ1) is 14.3. The minimum absolute atomic E-state index is 0.771. The van der Waals surface area contributed by atoms with E-state index < -0.39 is 0 Å². The maximum atomic E-state index is 3.86. The van der Waals surface area contributed by atoms with Gasteiger partial charge in [-0.25, -0.2) is 0 Å². The van der Waals surface area contributed by atoms with Crippen molar-refractivity contribution < 1.29 is 0 Å². The van der Waals surface area contributed by atoms with Crippen molar-refractivity contribution in [3.63, 3.8) is 0 Å². The Bertz CT molecular complexity index is 396. The quantitative estimate of drug-likeness (QED) is 0.683. The SMILES string of the molecule is C=CCN(CCC)Cc1ccccc1CNC1CC1. The molecule has 0 aliphatic heterocycles. The van der Waals surface area contributed by atoms with Gasteiger partial charge in [-0.15, -0.1) is 6.58 Å². The number of hydrogen-bond donors (Lipinski definition) is 1. The van der Waals surface area contributed by atoms with Crippen LogP contribution in [0, 0.1) is 0 Å². The number of nitrogens with zero attached hydrogens (tertiary/aromatic N) is 1. The van der Waals surface area contributed by atoms with E-state index in [1.54, 1.807) is 0 Å². The minimum atomic E-state index is 0.771. The average molecular weight is 258 g/mol. The molecule has 1 aliphatic rings. The Morgan fingerprint density at radius 3 is 2.68 bits per heavy atom. The van der Waals surface area contributed by atoms with E-state index in [-0.39, 0.29) is 0 Å². The molecule has 1 aromatic rings. The van der Waals surface area contributed by atoms with Gasteiger partial charge in [0.25, 0.3) is 0 Å². The standard InChI is InChI=1S/C17H26N2/c1-3-11-19(12-4-2)14-16-8-6-5-7-15(16)13-18-17-9-10-17/h3,5-8,17-18H,1,4,9-14H2,2H3. The topological polar surface area (TPSA) is 15.3 Å². The van der Waals surface area contributed by atoms with Gasteiger partial charge >= 0.3 is 0 Å². The molecule has 1 fully saturated rings. The van der Waals surface area contributed by atoms with Crippen LogP contribution in [-0.4, -0.2) is 24.0 Å². The van der Waals surface area contributed by atoms with Crippen LogP contribution in [0.3, 0.4) is 0 Å². The molecule has 0 heterocycles. The lowest BCUT2D eigenvalue weighted by Crippen LogP contribution is -2.25. The smallest absolute Gasteiger partial charge is 0.0240 e. The fourth-order valence-corrected chi connectivity index (χ4v) is 2.40. The van der Waals surface area contributed by atoms with Crippen LogP contribution in [0.5, 0.6) is 0 Å². The van der Waals surface area contributed by atoms with Crippen LogP contribution in [0.15, 0.2) is 36.9 Å². The van der Waals surface area contributed by atoms with Crippen LogP contribution >= 0.6 is 0 Å². The molecule has 0 aromatic heterocycles. The molecule has 0 spiro atoms. The minimum Gasteiger partial charge on any atom is -0.310 e. The lowest BCUT2D eigenvalue weighted by atomic mass is 10.1. The van der Waals surface area contributed by atoms with Crippen molar-refractivity contribution in [3.05, 3.63) is 48.0 Å². The molecule has 0 bridgehead atoms. The van der Waals surface area contributed by atoms with E-state index in [1.165, 1.54) is 30.4 Å². The zero-order valence-corrected chi connectivity index (χ0v) is 12.1. The van der Waals surface area contributed by atoms with Gasteiger partial charge in [0.1, 0.15) is 0 Å². The molecular formula is C17H26N2. The highest BCUT2D eigenvalue weighted by molar-refractivity contribution is 5.27. The van der Waals surface area contributed by atoms with E-state index in [0.717, 1.165) is 32.2 Å². The molecule has 2 heteroatoms. The molecule has 1 N–H and O–H groups in total. The van der Waals surface area contributed by atoms with Gasteiger partial charge in [0.05, 0.1) is 0 Å². The van der Waals surface area contributed by atoms with Crippen molar-refractivity contribution in [1.82, 2.24) is 10.2 Å². The van der Waals surface area contributed by atoms with Crippen molar-refractivity contribution in [2.24, 2.45) is 0 Å². The van der Waals surface area contributed by atoms with Gasteiger partial charge in [-0.3, -0.25) is 4.90 Å². The third-order valence-electron chi connectivity index (χ3n) is 3.60. The predicted octanol–water partition coefficient (Wildman–Crippen LogP) is 3.34. The molecule has 1 aliphatic carbocycles. The molecule has 0 radical (unpaired) electrons. The van der Waals surface area contributed by atoms with E-state index in [2.05, 4.69) is 48.0 Å². The summed E-state index contributed by atoms with van der Waals surface area (Å²) in [7, 11) is 0. The maximum Gasteiger partial charge on any atom is 0.0240 e. The van der Waals surface area contributed by atoms with E-state index in [9.17, 15) is 0 Å². The largest absolute Gasteiger partial charge is 0.310 e. The normalized spacial score (nSPS) is 14.8. The summed E-state index contributed by atoms with van der Waals surface area (Å²) in [6.07, 6.45) is 5.89. The van der Waals surface area contributed by atoms with Crippen molar-refractivity contribution in [2.45, 2.75) is 45.3 Å². The van der Waals surface area contributed by atoms with E-state index in [4.69, 9.17) is 0 Å². The lowest BCUT2D eigenvalue weighted by molar-refractivity contribution is 0.294. The molecular weight excluding hydrogens is 232 g/mol. The molecule has 2 rings (SSSR count). The molecule has 104 valence electrons. The first-order chi connectivity index (χ1) is 9.33. The molecule has 1 saturated carbocycles. The molecule has 0 unspecified atom stereocenters. The van der Waals surface area contributed by atoms with Crippen molar-refractivity contribution in [2.75, 3.05) is 13.1 Å². The second-order valence-electron chi connectivity index (χ2n) is 5.45. The van der Waals surface area contributed by atoms with E-state index in [1.807, 2.05) is 6.08 Å².